The smallest absolute Gasteiger partial charge is 0.139 e. The van der Waals surface area contributed by atoms with Gasteiger partial charge in [0, 0.05) is 19.9 Å². The number of hydrogen-bond acceptors (Lipinski definition) is 3. The summed E-state index contributed by atoms with van der Waals surface area (Å²) in [5, 5.41) is 1.26. The Morgan fingerprint density at radius 2 is 2.00 bits per heavy atom. The molecule has 4 heteroatoms. The molecule has 0 aliphatic carbocycles. The molecule has 0 radical (unpaired) electrons. The van der Waals surface area contributed by atoms with Crippen LogP contribution >= 0.6 is 0 Å². The normalized spacial score (nSPS) is 11.6. The van der Waals surface area contributed by atoms with E-state index in [1.54, 1.807) is 14.2 Å². The lowest BCUT2D eigenvalue weighted by Gasteiger charge is -2.12. The first-order valence-electron chi connectivity index (χ1n) is 4.16. The second-order valence-corrected chi connectivity index (χ2v) is 4.74. The average molecular weight is 197 g/mol. The minimum atomic E-state index is -0.543. The molecule has 1 rings (SSSR count). The highest BCUT2D eigenvalue weighted by atomic mass is 28.2. The summed E-state index contributed by atoms with van der Waals surface area (Å²) in [6, 6.07) is 7.89. The summed E-state index contributed by atoms with van der Waals surface area (Å²) in [6.07, 6.45) is 0. The molecule has 0 aliphatic heterocycles. The predicted molar refractivity (Wildman–Crippen MR) is 56.8 cm³/mol. The lowest BCUT2D eigenvalue weighted by Crippen LogP contribution is -2.31. The summed E-state index contributed by atoms with van der Waals surface area (Å²) in [5.74, 6) is -0.0539. The molecule has 0 amide bonds. The van der Waals surface area contributed by atoms with Gasteiger partial charge in [-0.25, -0.2) is 0 Å². The van der Waals surface area contributed by atoms with Crippen molar-refractivity contribution in [2.75, 3.05) is 20.0 Å². The maximum Gasteiger partial charge on any atom is 0.139 e. The summed E-state index contributed by atoms with van der Waals surface area (Å²) in [5.41, 5.74) is 6.46. The van der Waals surface area contributed by atoms with Crippen LogP contribution in [0.3, 0.4) is 0 Å². The number of anilines is 1. The Balaban J connectivity index is 2.62. The van der Waals surface area contributed by atoms with Crippen LogP contribution in [-0.4, -0.2) is 29.7 Å². The van der Waals surface area contributed by atoms with Crippen molar-refractivity contribution in [1.82, 2.24) is 0 Å². The van der Waals surface area contributed by atoms with Crippen LogP contribution in [0.25, 0.3) is 0 Å². The van der Waals surface area contributed by atoms with Crippen molar-refractivity contribution in [2.45, 2.75) is 5.91 Å². The highest BCUT2D eigenvalue weighted by Crippen LogP contribution is 1.97. The number of nitrogen functional groups attached to an aromatic ring is 1. The third kappa shape index (κ3) is 3.18. The Bertz CT molecular complexity index is 264. The summed E-state index contributed by atoms with van der Waals surface area (Å²) in [7, 11) is 2.78. The second-order valence-electron chi connectivity index (χ2n) is 2.85. The Morgan fingerprint density at radius 3 is 2.54 bits per heavy atom. The molecule has 0 aromatic heterocycles. The SMILES string of the molecule is COC(OC)[SiH2]c1cccc(N)c1. The maximum absolute atomic E-state index is 5.66. The molecule has 0 heterocycles. The Hall–Kier alpha value is -0.843. The molecule has 1 aromatic rings. The molecule has 1 aromatic carbocycles. The zero-order chi connectivity index (χ0) is 9.68. The highest BCUT2D eigenvalue weighted by Gasteiger charge is 2.06. The summed E-state index contributed by atoms with van der Waals surface area (Å²) < 4.78 is 10.3. The van der Waals surface area contributed by atoms with E-state index in [2.05, 4.69) is 6.07 Å². The van der Waals surface area contributed by atoms with Crippen LogP contribution in [0, 0.1) is 0 Å². The monoisotopic (exact) mass is 197 g/mol. The Morgan fingerprint density at radius 1 is 1.31 bits per heavy atom. The number of rotatable bonds is 4. The number of methoxy groups -OCH3 is 2. The first-order chi connectivity index (χ1) is 6.26. The van der Waals surface area contributed by atoms with Gasteiger partial charge >= 0.3 is 0 Å². The van der Waals surface area contributed by atoms with Gasteiger partial charge in [-0.3, -0.25) is 0 Å². The molecule has 0 spiro atoms. The molecule has 72 valence electrons. The summed E-state index contributed by atoms with van der Waals surface area (Å²) >= 11 is 0. The van der Waals surface area contributed by atoms with Gasteiger partial charge in [-0.05, 0) is 12.1 Å². The quantitative estimate of drug-likeness (QED) is 0.407. The van der Waals surface area contributed by atoms with E-state index in [9.17, 15) is 0 Å². The Labute approximate surface area is 80.7 Å². The van der Waals surface area contributed by atoms with Crippen LogP contribution in [0.15, 0.2) is 24.3 Å². The van der Waals surface area contributed by atoms with Crippen LogP contribution in [0.4, 0.5) is 5.69 Å². The minimum absolute atomic E-state index is 0.0539. The van der Waals surface area contributed by atoms with E-state index in [-0.39, 0.29) is 5.91 Å². The Kier molecular flexibility index (Phi) is 3.95. The van der Waals surface area contributed by atoms with E-state index in [1.807, 2.05) is 18.2 Å². The summed E-state index contributed by atoms with van der Waals surface area (Å²) in [6.45, 7) is 0. The van der Waals surface area contributed by atoms with Crippen molar-refractivity contribution in [3.63, 3.8) is 0 Å². The van der Waals surface area contributed by atoms with E-state index >= 15 is 0 Å². The third-order valence-corrected chi connectivity index (χ3v) is 3.79. The molecule has 0 bridgehead atoms. The van der Waals surface area contributed by atoms with E-state index in [0.29, 0.717) is 0 Å². The average Bonchev–Trinajstić information content (AvgIpc) is 2.14. The zero-order valence-corrected chi connectivity index (χ0v) is 9.40. The molecule has 0 unspecified atom stereocenters. The summed E-state index contributed by atoms with van der Waals surface area (Å²) in [4.78, 5) is 0. The molecule has 0 saturated heterocycles. The van der Waals surface area contributed by atoms with Gasteiger partial charge in [-0.15, -0.1) is 0 Å². The van der Waals surface area contributed by atoms with Crippen LogP contribution in [0.5, 0.6) is 0 Å². The fourth-order valence-corrected chi connectivity index (χ4v) is 2.52. The van der Waals surface area contributed by atoms with Crippen LogP contribution < -0.4 is 10.9 Å². The predicted octanol–water partition coefficient (Wildman–Crippen LogP) is -0.361. The van der Waals surface area contributed by atoms with E-state index in [4.69, 9.17) is 15.2 Å². The lowest BCUT2D eigenvalue weighted by atomic mass is 10.3. The molecule has 3 nitrogen and oxygen atoms in total. The van der Waals surface area contributed by atoms with E-state index < -0.39 is 9.52 Å². The van der Waals surface area contributed by atoms with Crippen LogP contribution in [0.2, 0.25) is 0 Å². The molecule has 13 heavy (non-hydrogen) atoms. The molecule has 2 N–H and O–H groups in total. The number of benzene rings is 1. The van der Waals surface area contributed by atoms with E-state index in [0.717, 1.165) is 5.69 Å². The first-order valence-corrected chi connectivity index (χ1v) is 5.68. The van der Waals surface area contributed by atoms with Crippen molar-refractivity contribution in [1.29, 1.82) is 0 Å². The second kappa shape index (κ2) is 5.01. The van der Waals surface area contributed by atoms with Gasteiger partial charge in [0.15, 0.2) is 0 Å². The van der Waals surface area contributed by atoms with Gasteiger partial charge in [-0.2, -0.15) is 0 Å². The van der Waals surface area contributed by atoms with Crippen LogP contribution in [0.1, 0.15) is 0 Å². The van der Waals surface area contributed by atoms with Gasteiger partial charge in [0.1, 0.15) is 15.4 Å². The minimum Gasteiger partial charge on any atom is -0.399 e. The van der Waals surface area contributed by atoms with Gasteiger partial charge in [-0.1, -0.05) is 17.3 Å². The molecule has 0 aliphatic rings. The first kappa shape index (κ1) is 10.2. The van der Waals surface area contributed by atoms with Gasteiger partial charge in [0.2, 0.25) is 0 Å². The van der Waals surface area contributed by atoms with Crippen molar-refractivity contribution >= 4 is 20.4 Å². The molecule has 0 atom stereocenters. The maximum atomic E-state index is 5.66. The standard InChI is InChI=1S/C9H15NO2Si/c1-11-9(12-2)13-8-5-3-4-7(10)6-8/h3-6,9H,10,13H2,1-2H3. The highest BCUT2D eigenvalue weighted by molar-refractivity contribution is 6.54. The third-order valence-electron chi connectivity index (χ3n) is 1.88. The van der Waals surface area contributed by atoms with Gasteiger partial charge in [0.25, 0.3) is 0 Å². The molecular formula is C9H15NO2Si. The molecule has 0 saturated carbocycles. The van der Waals surface area contributed by atoms with E-state index in [1.165, 1.54) is 5.19 Å². The molecule has 0 fully saturated rings. The van der Waals surface area contributed by atoms with Crippen molar-refractivity contribution < 1.29 is 9.47 Å². The molecular weight excluding hydrogens is 182 g/mol. The topological polar surface area (TPSA) is 44.5 Å². The number of ether oxygens (including phenoxy) is 2. The fourth-order valence-electron chi connectivity index (χ4n) is 1.18. The lowest BCUT2D eigenvalue weighted by molar-refractivity contribution is -0.0429. The van der Waals surface area contributed by atoms with Crippen molar-refractivity contribution in [3.05, 3.63) is 24.3 Å². The van der Waals surface area contributed by atoms with Crippen molar-refractivity contribution in [3.8, 4) is 0 Å². The zero-order valence-electron chi connectivity index (χ0n) is 7.99. The van der Waals surface area contributed by atoms with Crippen molar-refractivity contribution in [2.24, 2.45) is 0 Å². The largest absolute Gasteiger partial charge is 0.399 e. The fraction of sp³-hybridized carbons (Fsp3) is 0.333. The van der Waals surface area contributed by atoms with Gasteiger partial charge in [0.05, 0.1) is 0 Å². The van der Waals surface area contributed by atoms with Gasteiger partial charge < -0.3 is 15.2 Å². The number of nitrogens with two attached hydrogens (primary N) is 1. The number of hydrogen-bond donors (Lipinski definition) is 1. The van der Waals surface area contributed by atoms with Crippen LogP contribution in [-0.2, 0) is 9.47 Å².